The molecule has 1 aromatic heterocycles. The van der Waals surface area contributed by atoms with E-state index >= 15 is 0 Å². The highest BCUT2D eigenvalue weighted by Crippen LogP contribution is 2.39. The minimum atomic E-state index is -0.868. The van der Waals surface area contributed by atoms with Crippen molar-refractivity contribution in [1.82, 2.24) is 9.78 Å². The van der Waals surface area contributed by atoms with Crippen molar-refractivity contribution < 1.29 is 14.7 Å². The first-order valence-corrected chi connectivity index (χ1v) is 7.52. The van der Waals surface area contributed by atoms with Gasteiger partial charge in [0.2, 0.25) is 5.91 Å². The van der Waals surface area contributed by atoms with E-state index in [-0.39, 0.29) is 5.91 Å². The second-order valence-electron chi connectivity index (χ2n) is 5.80. The molecule has 2 rings (SSSR count). The Morgan fingerprint density at radius 3 is 2.62 bits per heavy atom. The Kier molecular flexibility index (Phi) is 4.65. The summed E-state index contributed by atoms with van der Waals surface area (Å²) >= 11 is 0. The molecule has 0 aromatic carbocycles. The minimum absolute atomic E-state index is 0.193. The van der Waals surface area contributed by atoms with Crippen LogP contribution in [0, 0.1) is 17.8 Å². The van der Waals surface area contributed by atoms with E-state index in [0.717, 1.165) is 18.5 Å². The molecule has 0 spiro atoms. The molecule has 0 bridgehead atoms. The molecule has 3 atom stereocenters. The topological polar surface area (TPSA) is 84.2 Å². The highest BCUT2D eigenvalue weighted by Gasteiger charge is 2.42. The SMILES string of the molecule is CCc1nn(C)cc1NC(=O)C1CC(CC)CC1C(=O)O. The van der Waals surface area contributed by atoms with E-state index in [1.807, 2.05) is 13.8 Å². The van der Waals surface area contributed by atoms with E-state index in [1.54, 1.807) is 17.9 Å². The number of aliphatic carboxylic acids is 1. The second kappa shape index (κ2) is 6.28. The third kappa shape index (κ3) is 3.25. The summed E-state index contributed by atoms with van der Waals surface area (Å²) in [5.41, 5.74) is 1.51. The number of amides is 1. The van der Waals surface area contributed by atoms with Crippen LogP contribution < -0.4 is 5.32 Å². The van der Waals surface area contributed by atoms with Gasteiger partial charge in [-0.3, -0.25) is 14.3 Å². The first-order chi connectivity index (χ1) is 9.96. The Hall–Kier alpha value is -1.85. The first kappa shape index (κ1) is 15.5. The molecule has 1 aliphatic carbocycles. The summed E-state index contributed by atoms with van der Waals surface area (Å²) in [6, 6.07) is 0. The maximum Gasteiger partial charge on any atom is 0.307 e. The van der Waals surface area contributed by atoms with Crippen molar-refractivity contribution in [2.45, 2.75) is 39.5 Å². The van der Waals surface area contributed by atoms with Crippen molar-refractivity contribution in [2.75, 3.05) is 5.32 Å². The third-order valence-corrected chi connectivity index (χ3v) is 4.39. The van der Waals surface area contributed by atoms with Crippen LogP contribution in [0.4, 0.5) is 5.69 Å². The van der Waals surface area contributed by atoms with Crippen molar-refractivity contribution in [2.24, 2.45) is 24.8 Å². The molecule has 0 aliphatic heterocycles. The van der Waals surface area contributed by atoms with Gasteiger partial charge in [0.05, 0.1) is 23.2 Å². The van der Waals surface area contributed by atoms with E-state index in [9.17, 15) is 14.7 Å². The Bertz CT molecular complexity index is 538. The number of rotatable bonds is 5. The number of carbonyl (C=O) groups excluding carboxylic acids is 1. The average molecular weight is 293 g/mol. The number of hydrogen-bond donors (Lipinski definition) is 2. The zero-order valence-corrected chi connectivity index (χ0v) is 12.8. The van der Waals surface area contributed by atoms with E-state index in [2.05, 4.69) is 10.4 Å². The van der Waals surface area contributed by atoms with Crippen LogP contribution in [0.2, 0.25) is 0 Å². The van der Waals surface area contributed by atoms with Crippen molar-refractivity contribution in [3.63, 3.8) is 0 Å². The van der Waals surface area contributed by atoms with Crippen LogP contribution >= 0.6 is 0 Å². The Balaban J connectivity index is 2.13. The van der Waals surface area contributed by atoms with Crippen LogP contribution in [0.3, 0.4) is 0 Å². The Morgan fingerprint density at radius 2 is 2.05 bits per heavy atom. The smallest absolute Gasteiger partial charge is 0.307 e. The molecular weight excluding hydrogens is 270 g/mol. The van der Waals surface area contributed by atoms with Crippen LogP contribution in [0.25, 0.3) is 0 Å². The largest absolute Gasteiger partial charge is 0.481 e. The van der Waals surface area contributed by atoms with E-state index in [1.165, 1.54) is 0 Å². The van der Waals surface area contributed by atoms with Gasteiger partial charge in [-0.15, -0.1) is 0 Å². The van der Waals surface area contributed by atoms with Crippen LogP contribution in [0.5, 0.6) is 0 Å². The zero-order chi connectivity index (χ0) is 15.6. The molecule has 1 fully saturated rings. The molecule has 1 saturated carbocycles. The summed E-state index contributed by atoms with van der Waals surface area (Å²) in [4.78, 5) is 23.8. The van der Waals surface area contributed by atoms with E-state index in [4.69, 9.17) is 0 Å². The number of carboxylic acid groups (broad SMARTS) is 1. The fourth-order valence-corrected chi connectivity index (χ4v) is 3.16. The molecular formula is C15H23N3O3. The van der Waals surface area contributed by atoms with Gasteiger partial charge in [0, 0.05) is 13.2 Å². The molecule has 1 aromatic rings. The van der Waals surface area contributed by atoms with Crippen LogP contribution in [-0.2, 0) is 23.1 Å². The quantitative estimate of drug-likeness (QED) is 0.870. The highest BCUT2D eigenvalue weighted by molar-refractivity contribution is 5.95. The lowest BCUT2D eigenvalue weighted by atomic mass is 9.95. The fraction of sp³-hybridized carbons (Fsp3) is 0.667. The lowest BCUT2D eigenvalue weighted by Crippen LogP contribution is -2.30. The van der Waals surface area contributed by atoms with Gasteiger partial charge in [-0.05, 0) is 25.2 Å². The molecule has 6 heteroatoms. The normalized spacial score (nSPS) is 25.0. The minimum Gasteiger partial charge on any atom is -0.481 e. The summed E-state index contributed by atoms with van der Waals surface area (Å²) < 4.78 is 1.66. The number of anilines is 1. The number of carboxylic acids is 1. The number of aryl methyl sites for hydroxylation is 2. The van der Waals surface area contributed by atoms with Crippen molar-refractivity contribution in [3.05, 3.63) is 11.9 Å². The monoisotopic (exact) mass is 293 g/mol. The number of hydrogen-bond acceptors (Lipinski definition) is 3. The molecule has 3 unspecified atom stereocenters. The van der Waals surface area contributed by atoms with Gasteiger partial charge < -0.3 is 10.4 Å². The van der Waals surface area contributed by atoms with Crippen molar-refractivity contribution >= 4 is 17.6 Å². The van der Waals surface area contributed by atoms with Gasteiger partial charge in [-0.25, -0.2) is 0 Å². The average Bonchev–Trinajstić information content (AvgIpc) is 3.02. The summed E-state index contributed by atoms with van der Waals surface area (Å²) in [5.74, 6) is -1.76. The predicted octanol–water partition coefficient (Wildman–Crippen LogP) is 2.06. The second-order valence-corrected chi connectivity index (χ2v) is 5.80. The van der Waals surface area contributed by atoms with E-state index < -0.39 is 17.8 Å². The van der Waals surface area contributed by atoms with Gasteiger partial charge in [0.1, 0.15) is 0 Å². The fourth-order valence-electron chi connectivity index (χ4n) is 3.16. The van der Waals surface area contributed by atoms with Gasteiger partial charge in [0.15, 0.2) is 0 Å². The van der Waals surface area contributed by atoms with Crippen LogP contribution in [-0.4, -0.2) is 26.8 Å². The Labute approximate surface area is 124 Å². The molecule has 21 heavy (non-hydrogen) atoms. The molecule has 1 heterocycles. The molecule has 1 aliphatic rings. The van der Waals surface area contributed by atoms with Crippen molar-refractivity contribution in [3.8, 4) is 0 Å². The number of carbonyl (C=O) groups is 2. The molecule has 2 N–H and O–H groups in total. The van der Waals surface area contributed by atoms with Crippen molar-refractivity contribution in [1.29, 1.82) is 0 Å². The van der Waals surface area contributed by atoms with Gasteiger partial charge in [0.25, 0.3) is 0 Å². The van der Waals surface area contributed by atoms with Gasteiger partial charge >= 0.3 is 5.97 Å². The molecule has 116 valence electrons. The van der Waals surface area contributed by atoms with E-state index in [0.29, 0.717) is 24.4 Å². The van der Waals surface area contributed by atoms with Crippen LogP contribution in [0.15, 0.2) is 6.20 Å². The molecule has 0 radical (unpaired) electrons. The summed E-state index contributed by atoms with van der Waals surface area (Å²) in [5, 5.41) is 16.5. The zero-order valence-electron chi connectivity index (χ0n) is 12.8. The van der Waals surface area contributed by atoms with Gasteiger partial charge in [-0.2, -0.15) is 5.10 Å². The maximum atomic E-state index is 12.5. The maximum absolute atomic E-state index is 12.5. The Morgan fingerprint density at radius 1 is 1.38 bits per heavy atom. The lowest BCUT2D eigenvalue weighted by Gasteiger charge is -2.15. The number of nitrogens with zero attached hydrogens (tertiary/aromatic N) is 2. The third-order valence-electron chi connectivity index (χ3n) is 4.39. The summed E-state index contributed by atoms with van der Waals surface area (Å²) in [7, 11) is 1.80. The standard InChI is InChI=1S/C15H23N3O3/c1-4-9-6-10(11(7-9)15(20)21)14(19)16-13-8-18(3)17-12(13)5-2/h8-11H,4-7H2,1-3H3,(H,16,19)(H,20,21). The molecule has 6 nitrogen and oxygen atoms in total. The summed E-state index contributed by atoms with van der Waals surface area (Å²) in [6.07, 6.45) is 4.65. The molecule has 1 amide bonds. The van der Waals surface area contributed by atoms with Gasteiger partial charge in [-0.1, -0.05) is 20.3 Å². The first-order valence-electron chi connectivity index (χ1n) is 7.52. The highest BCUT2D eigenvalue weighted by atomic mass is 16.4. The molecule has 0 saturated heterocycles. The lowest BCUT2D eigenvalue weighted by molar-refractivity contribution is -0.145. The summed E-state index contributed by atoms with van der Waals surface area (Å²) in [6.45, 7) is 4.01. The predicted molar refractivity (Wildman–Crippen MR) is 78.8 cm³/mol. The number of aromatic nitrogens is 2. The number of nitrogens with one attached hydrogen (secondary N) is 1. The van der Waals surface area contributed by atoms with Crippen LogP contribution in [0.1, 0.15) is 38.8 Å².